The van der Waals surface area contributed by atoms with E-state index >= 15 is 0 Å². The second-order valence-corrected chi connectivity index (χ2v) is 2.47. The van der Waals surface area contributed by atoms with Gasteiger partial charge in [0.2, 0.25) is 5.56 Å². The highest BCUT2D eigenvalue weighted by Crippen LogP contribution is 2.01. The molecule has 4 nitrogen and oxygen atoms in total. The molecule has 0 aromatic carbocycles. The highest BCUT2D eigenvalue weighted by atomic mass is 16.1. The molecule has 0 unspecified atom stereocenters. The number of hydrogen-bond acceptors (Lipinski definition) is 2. The quantitative estimate of drug-likeness (QED) is 0.619. The molecular formula is C8H10N2O2. The summed E-state index contributed by atoms with van der Waals surface area (Å²) in [4.78, 5) is 24.3. The molecule has 12 heavy (non-hydrogen) atoms. The van der Waals surface area contributed by atoms with Gasteiger partial charge < -0.3 is 10.3 Å². The first-order chi connectivity index (χ1) is 5.65. The molecule has 0 saturated carbocycles. The first-order valence-corrected chi connectivity index (χ1v) is 3.56. The molecule has 1 heterocycles. The molecule has 2 N–H and O–H groups in total. The number of aromatic amines is 1. The lowest BCUT2D eigenvalue weighted by atomic mass is 10.1. The zero-order valence-electron chi connectivity index (χ0n) is 6.97. The molecule has 0 radical (unpaired) electrons. The van der Waals surface area contributed by atoms with Crippen LogP contribution in [0.1, 0.15) is 15.9 Å². The van der Waals surface area contributed by atoms with Crippen molar-refractivity contribution >= 4 is 5.91 Å². The van der Waals surface area contributed by atoms with Gasteiger partial charge in [0.25, 0.3) is 5.91 Å². The Morgan fingerprint density at radius 2 is 2.25 bits per heavy atom. The number of amides is 1. The van der Waals surface area contributed by atoms with Crippen LogP contribution in [0.4, 0.5) is 0 Å². The van der Waals surface area contributed by atoms with Crippen molar-refractivity contribution in [2.75, 3.05) is 7.05 Å². The number of pyridine rings is 1. The van der Waals surface area contributed by atoms with Crippen LogP contribution in [0.5, 0.6) is 0 Å². The third-order valence-electron chi connectivity index (χ3n) is 1.60. The van der Waals surface area contributed by atoms with Crippen LogP contribution in [0.3, 0.4) is 0 Å². The summed E-state index contributed by atoms with van der Waals surface area (Å²) in [5.41, 5.74) is 0.982. The van der Waals surface area contributed by atoms with E-state index in [1.807, 2.05) is 0 Å². The van der Waals surface area contributed by atoms with E-state index in [0.717, 1.165) is 0 Å². The molecule has 0 fully saturated rings. The monoisotopic (exact) mass is 166 g/mol. The normalized spacial score (nSPS) is 9.50. The maximum absolute atomic E-state index is 11.1. The lowest BCUT2D eigenvalue weighted by Gasteiger charge is -2.01. The molecule has 64 valence electrons. The van der Waals surface area contributed by atoms with Crippen LogP contribution in [0.15, 0.2) is 17.1 Å². The van der Waals surface area contributed by atoms with E-state index in [1.54, 1.807) is 14.0 Å². The summed E-state index contributed by atoms with van der Waals surface area (Å²) < 4.78 is 0. The average Bonchev–Trinajstić information content (AvgIpc) is 2.03. The summed E-state index contributed by atoms with van der Waals surface area (Å²) in [5, 5.41) is 2.48. The number of carbonyl (C=O) groups excluding carboxylic acids is 1. The molecule has 0 atom stereocenters. The highest BCUT2D eigenvalue weighted by molar-refractivity contribution is 5.94. The van der Waals surface area contributed by atoms with Gasteiger partial charge in [0.05, 0.1) is 5.56 Å². The number of hydrogen-bond donors (Lipinski definition) is 2. The van der Waals surface area contributed by atoms with Gasteiger partial charge in [-0.15, -0.1) is 0 Å². The third kappa shape index (κ3) is 1.53. The maximum atomic E-state index is 11.1. The predicted octanol–water partition coefficient (Wildman–Crippen LogP) is 0.0429. The topological polar surface area (TPSA) is 62.0 Å². The summed E-state index contributed by atoms with van der Waals surface area (Å²) in [5.74, 6) is -0.191. The van der Waals surface area contributed by atoms with E-state index in [0.29, 0.717) is 11.1 Å². The smallest absolute Gasteiger partial charge is 0.252 e. The van der Waals surface area contributed by atoms with Crippen LogP contribution >= 0.6 is 0 Å². The van der Waals surface area contributed by atoms with E-state index in [-0.39, 0.29) is 11.5 Å². The summed E-state index contributed by atoms with van der Waals surface area (Å²) >= 11 is 0. The minimum absolute atomic E-state index is 0.191. The van der Waals surface area contributed by atoms with Crippen molar-refractivity contribution in [1.82, 2.24) is 10.3 Å². The largest absolute Gasteiger partial charge is 0.355 e. The Balaban J connectivity index is 3.18. The number of aromatic nitrogens is 1. The Labute approximate surface area is 69.6 Å². The lowest BCUT2D eigenvalue weighted by molar-refractivity contribution is 0.0962. The van der Waals surface area contributed by atoms with E-state index < -0.39 is 0 Å². The summed E-state index contributed by atoms with van der Waals surface area (Å²) in [6, 6.07) is 1.39. The van der Waals surface area contributed by atoms with Gasteiger partial charge in [0.15, 0.2) is 0 Å². The molecule has 0 aliphatic carbocycles. The fourth-order valence-electron chi connectivity index (χ4n) is 0.952. The summed E-state index contributed by atoms with van der Waals surface area (Å²) in [7, 11) is 1.55. The zero-order chi connectivity index (χ0) is 9.14. The van der Waals surface area contributed by atoms with Gasteiger partial charge in [-0.05, 0) is 12.5 Å². The van der Waals surface area contributed by atoms with Gasteiger partial charge in [-0.2, -0.15) is 0 Å². The fraction of sp³-hybridized carbons (Fsp3) is 0.250. The zero-order valence-corrected chi connectivity index (χ0v) is 6.97. The van der Waals surface area contributed by atoms with Crippen LogP contribution in [0.2, 0.25) is 0 Å². The Kier molecular flexibility index (Phi) is 2.28. The number of H-pyrrole nitrogens is 1. The Morgan fingerprint density at radius 3 is 2.75 bits per heavy atom. The van der Waals surface area contributed by atoms with E-state index in [1.165, 1.54) is 12.3 Å². The summed E-state index contributed by atoms with van der Waals surface area (Å²) in [6.45, 7) is 1.72. The second kappa shape index (κ2) is 3.21. The Bertz CT molecular complexity index is 354. The standard InChI is InChI=1S/C8H10N2O2/c1-5-3-7(11)10-4-6(5)8(12)9-2/h3-4H,1-2H3,(H,9,12)(H,10,11). The minimum atomic E-state index is -0.194. The van der Waals surface area contributed by atoms with Crippen molar-refractivity contribution in [2.24, 2.45) is 0 Å². The molecule has 0 bridgehead atoms. The third-order valence-corrected chi connectivity index (χ3v) is 1.60. The number of aryl methyl sites for hydroxylation is 1. The molecular weight excluding hydrogens is 156 g/mol. The van der Waals surface area contributed by atoms with Crippen molar-refractivity contribution in [3.8, 4) is 0 Å². The molecule has 0 aliphatic heterocycles. The summed E-state index contributed by atoms with van der Waals surface area (Å²) in [6.07, 6.45) is 1.41. The molecule has 1 aromatic rings. The van der Waals surface area contributed by atoms with Crippen molar-refractivity contribution < 1.29 is 4.79 Å². The van der Waals surface area contributed by atoms with Crippen LogP contribution in [-0.4, -0.2) is 17.9 Å². The van der Waals surface area contributed by atoms with Gasteiger partial charge in [0, 0.05) is 19.3 Å². The second-order valence-electron chi connectivity index (χ2n) is 2.47. The number of carbonyl (C=O) groups is 1. The Hall–Kier alpha value is -1.58. The molecule has 0 saturated heterocycles. The van der Waals surface area contributed by atoms with E-state index in [2.05, 4.69) is 10.3 Å². The fourth-order valence-corrected chi connectivity index (χ4v) is 0.952. The van der Waals surface area contributed by atoms with Gasteiger partial charge >= 0.3 is 0 Å². The minimum Gasteiger partial charge on any atom is -0.355 e. The van der Waals surface area contributed by atoms with Crippen molar-refractivity contribution in [3.05, 3.63) is 33.7 Å². The SMILES string of the molecule is CNC(=O)c1c[nH]c(=O)cc1C. The van der Waals surface area contributed by atoms with Crippen LogP contribution in [0, 0.1) is 6.92 Å². The molecule has 0 spiro atoms. The van der Waals surface area contributed by atoms with E-state index in [9.17, 15) is 9.59 Å². The van der Waals surface area contributed by atoms with Crippen molar-refractivity contribution in [1.29, 1.82) is 0 Å². The lowest BCUT2D eigenvalue weighted by Crippen LogP contribution is -2.20. The first-order valence-electron chi connectivity index (χ1n) is 3.56. The molecule has 4 heteroatoms. The maximum Gasteiger partial charge on any atom is 0.252 e. The van der Waals surface area contributed by atoms with Crippen LogP contribution in [0.25, 0.3) is 0 Å². The number of nitrogens with one attached hydrogen (secondary N) is 2. The molecule has 1 rings (SSSR count). The van der Waals surface area contributed by atoms with Gasteiger partial charge in [-0.1, -0.05) is 0 Å². The number of rotatable bonds is 1. The van der Waals surface area contributed by atoms with Crippen molar-refractivity contribution in [2.45, 2.75) is 6.92 Å². The van der Waals surface area contributed by atoms with Crippen LogP contribution < -0.4 is 10.9 Å². The first kappa shape index (κ1) is 8.52. The average molecular weight is 166 g/mol. The van der Waals surface area contributed by atoms with Crippen molar-refractivity contribution in [3.63, 3.8) is 0 Å². The Morgan fingerprint density at radius 1 is 1.58 bits per heavy atom. The molecule has 1 aromatic heterocycles. The van der Waals surface area contributed by atoms with Gasteiger partial charge in [0.1, 0.15) is 0 Å². The molecule has 0 aliphatic rings. The van der Waals surface area contributed by atoms with Gasteiger partial charge in [-0.3, -0.25) is 9.59 Å². The molecule has 1 amide bonds. The highest BCUT2D eigenvalue weighted by Gasteiger charge is 2.05. The van der Waals surface area contributed by atoms with E-state index in [4.69, 9.17) is 0 Å². The van der Waals surface area contributed by atoms with Crippen LogP contribution in [-0.2, 0) is 0 Å². The predicted molar refractivity (Wildman–Crippen MR) is 45.2 cm³/mol. The van der Waals surface area contributed by atoms with Gasteiger partial charge in [-0.25, -0.2) is 0 Å².